The lowest BCUT2D eigenvalue weighted by Crippen LogP contribution is -2.60. The molecule has 7 aromatic carbocycles. The smallest absolute Gasteiger partial charge is 0.252 e. The Hall–Kier alpha value is -6.04. The number of anilines is 5. The van der Waals surface area contributed by atoms with Crippen LogP contribution in [0.3, 0.4) is 0 Å². The maximum absolute atomic E-state index is 2.80. The van der Waals surface area contributed by atoms with Crippen LogP contribution in [0.5, 0.6) is 0 Å². The number of aromatic nitrogens is 1. The molecule has 1 fully saturated rings. The molecule has 3 nitrogen and oxygen atoms in total. The number of hydrogen-bond acceptors (Lipinski definition) is 3. The fourth-order valence-electron chi connectivity index (χ4n) is 14.3. The molecule has 2 atom stereocenters. The molecule has 14 rings (SSSR count). The zero-order valence-electron chi connectivity index (χ0n) is 41.4. The van der Waals surface area contributed by atoms with E-state index in [2.05, 4.69) is 217 Å². The van der Waals surface area contributed by atoms with Crippen molar-refractivity contribution >= 4 is 94.0 Å². The predicted octanol–water partition coefficient (Wildman–Crippen LogP) is 15.3. The summed E-state index contributed by atoms with van der Waals surface area (Å²) >= 11 is 1.94. The van der Waals surface area contributed by atoms with E-state index in [1.54, 1.807) is 0 Å². The van der Waals surface area contributed by atoms with Crippen molar-refractivity contribution in [2.45, 2.75) is 122 Å². The first kappa shape index (κ1) is 41.0. The highest BCUT2D eigenvalue weighted by molar-refractivity contribution is 7.26. The maximum atomic E-state index is 2.80. The fourth-order valence-corrected chi connectivity index (χ4v) is 15.5. The minimum absolute atomic E-state index is 0.0282. The molecule has 2 aromatic heterocycles. The molecule has 2 unspecified atom stereocenters. The molecule has 5 heterocycles. The average Bonchev–Trinajstić information content (AvgIpc) is 4.00. The Kier molecular flexibility index (Phi) is 7.94. The van der Waals surface area contributed by atoms with E-state index in [0.717, 1.165) is 6.42 Å². The van der Waals surface area contributed by atoms with Crippen molar-refractivity contribution in [2.75, 3.05) is 9.80 Å². The van der Waals surface area contributed by atoms with E-state index in [0.29, 0.717) is 0 Å². The van der Waals surface area contributed by atoms with Crippen LogP contribution in [-0.4, -0.2) is 16.8 Å². The number of fused-ring (bicyclic) bond motifs is 15. The first-order valence-corrected chi connectivity index (χ1v) is 26.1. The fraction of sp³-hybridized carbons (Fsp3) is 0.302. The molecule has 68 heavy (non-hydrogen) atoms. The van der Waals surface area contributed by atoms with Gasteiger partial charge in [-0.15, -0.1) is 11.3 Å². The van der Waals surface area contributed by atoms with Crippen LogP contribution in [0.2, 0.25) is 0 Å². The third-order valence-corrected chi connectivity index (χ3v) is 19.2. The lowest BCUT2D eigenvalue weighted by molar-refractivity contribution is 0.195. The number of rotatable bonds is 2. The molecule has 0 spiro atoms. The Morgan fingerprint density at radius 1 is 0.559 bits per heavy atom. The molecule has 0 N–H and O–H groups in total. The molecule has 5 heteroatoms. The summed E-state index contributed by atoms with van der Waals surface area (Å²) in [4.78, 5) is 5.52. The maximum Gasteiger partial charge on any atom is 0.252 e. The van der Waals surface area contributed by atoms with Crippen molar-refractivity contribution in [3.63, 3.8) is 0 Å². The van der Waals surface area contributed by atoms with Crippen molar-refractivity contribution < 1.29 is 0 Å². The molecule has 3 aliphatic heterocycles. The van der Waals surface area contributed by atoms with Crippen LogP contribution >= 0.6 is 11.3 Å². The largest absolute Gasteiger partial charge is 0.334 e. The minimum Gasteiger partial charge on any atom is -0.334 e. The number of benzene rings is 7. The average molecular weight is 902 g/mol. The van der Waals surface area contributed by atoms with Crippen LogP contribution in [0.1, 0.15) is 123 Å². The van der Waals surface area contributed by atoms with Gasteiger partial charge >= 0.3 is 0 Å². The summed E-state index contributed by atoms with van der Waals surface area (Å²) in [5.41, 5.74) is 23.1. The van der Waals surface area contributed by atoms with Gasteiger partial charge in [-0.2, -0.15) is 0 Å². The van der Waals surface area contributed by atoms with Crippen LogP contribution in [0.15, 0.2) is 133 Å². The summed E-state index contributed by atoms with van der Waals surface area (Å²) < 4.78 is 5.38. The Morgan fingerprint density at radius 2 is 1.28 bits per heavy atom. The first-order chi connectivity index (χ1) is 32.5. The van der Waals surface area contributed by atoms with Gasteiger partial charge in [0.15, 0.2) is 0 Å². The standard InChI is InChI=1S/C63H60BN3S/c1-59(2,3)37-27-30-48-45(33-37)62(9)31-15-16-32-63(62,10)67(48)39-28-29-46-50(36-39)65(49-25-18-21-41-40-19-12-14-26-53(40)68-58(41)49)51-34-38(60(4,5)6)35-52-55(51)64(46)47-24-17-22-43-54-57(66(52)56(43)47)42-20-11-13-23-44(42)61(54,7)8/h11-14,17-30,33-36H,15-16,31-32H2,1-10H3. The molecule has 0 saturated heterocycles. The normalized spacial score (nSPS) is 20.7. The van der Waals surface area contributed by atoms with Crippen LogP contribution in [0.4, 0.5) is 28.4 Å². The molecule has 0 bridgehead atoms. The number of hydrogen-bond donors (Lipinski definition) is 0. The summed E-state index contributed by atoms with van der Waals surface area (Å²) in [6.45, 7) is 24.4. The minimum atomic E-state index is -0.141. The monoisotopic (exact) mass is 901 g/mol. The summed E-state index contributed by atoms with van der Waals surface area (Å²) in [6, 6.07) is 52.8. The first-order valence-electron chi connectivity index (χ1n) is 25.3. The van der Waals surface area contributed by atoms with Gasteiger partial charge in [-0.25, -0.2) is 0 Å². The second kappa shape index (κ2) is 13.2. The molecule has 0 radical (unpaired) electrons. The highest BCUT2D eigenvalue weighted by atomic mass is 32.1. The van der Waals surface area contributed by atoms with Gasteiger partial charge in [0.1, 0.15) is 0 Å². The third kappa shape index (κ3) is 5.01. The number of nitrogens with zero attached hydrogens (tertiary/aromatic N) is 3. The van der Waals surface area contributed by atoms with Crippen LogP contribution in [0.25, 0.3) is 48.0 Å². The van der Waals surface area contributed by atoms with Gasteiger partial charge in [0.2, 0.25) is 0 Å². The molecular weight excluding hydrogens is 842 g/mol. The summed E-state index contributed by atoms with van der Waals surface area (Å²) in [5, 5.41) is 4.04. The van der Waals surface area contributed by atoms with Crippen molar-refractivity contribution in [1.82, 2.24) is 4.57 Å². The van der Waals surface area contributed by atoms with Crippen LogP contribution in [0, 0.1) is 0 Å². The second-order valence-electron chi connectivity index (χ2n) is 24.0. The van der Waals surface area contributed by atoms with E-state index in [-0.39, 0.29) is 33.9 Å². The zero-order chi connectivity index (χ0) is 46.6. The molecule has 2 aliphatic carbocycles. The quantitative estimate of drug-likeness (QED) is 0.160. The van der Waals surface area contributed by atoms with Gasteiger partial charge in [-0.3, -0.25) is 0 Å². The SMILES string of the molecule is CC(C)(C)c1cc2c3c(c1)-n1c4c(c5cccc(c51)B3c1ccc(N3c5ccc(C(C)(C)C)cc5C5(C)CCCCC35C)cc1N2c1cccc2c1sc1ccccc12)C(C)(C)c1ccccc1-4. The molecule has 0 amide bonds. The lowest BCUT2D eigenvalue weighted by Gasteiger charge is -2.50. The highest BCUT2D eigenvalue weighted by Gasteiger charge is 2.58. The second-order valence-corrected chi connectivity index (χ2v) is 25.1. The third-order valence-electron chi connectivity index (χ3n) is 18.0. The van der Waals surface area contributed by atoms with Crippen molar-refractivity contribution in [1.29, 1.82) is 0 Å². The van der Waals surface area contributed by atoms with E-state index < -0.39 is 0 Å². The predicted molar refractivity (Wildman–Crippen MR) is 293 cm³/mol. The number of thiophene rings is 1. The molecular formula is C63H60BN3S. The van der Waals surface area contributed by atoms with Gasteiger partial charge in [-0.05, 0) is 117 Å². The van der Waals surface area contributed by atoms with E-state index in [4.69, 9.17) is 0 Å². The highest BCUT2D eigenvalue weighted by Crippen LogP contribution is 2.62. The van der Waals surface area contributed by atoms with Crippen molar-refractivity contribution in [3.05, 3.63) is 161 Å². The molecule has 9 aromatic rings. The molecule has 5 aliphatic rings. The van der Waals surface area contributed by atoms with Gasteiger partial charge in [0, 0.05) is 71.2 Å². The number of para-hydroxylation sites is 1. The van der Waals surface area contributed by atoms with Crippen LogP contribution < -0.4 is 26.2 Å². The van der Waals surface area contributed by atoms with Gasteiger partial charge in [0.05, 0.1) is 21.6 Å². The molecule has 1 saturated carbocycles. The summed E-state index contributed by atoms with van der Waals surface area (Å²) in [6.07, 6.45) is 4.88. The Bertz CT molecular complexity index is 3700. The van der Waals surface area contributed by atoms with Crippen molar-refractivity contribution in [3.8, 4) is 16.9 Å². The van der Waals surface area contributed by atoms with Gasteiger partial charge in [0.25, 0.3) is 6.71 Å². The van der Waals surface area contributed by atoms with E-state index in [1.807, 2.05) is 11.3 Å². The lowest BCUT2D eigenvalue weighted by atomic mass is 9.33. The van der Waals surface area contributed by atoms with Crippen molar-refractivity contribution in [2.24, 2.45) is 0 Å². The Balaban J connectivity index is 1.11. The van der Waals surface area contributed by atoms with E-state index in [9.17, 15) is 0 Å². The molecule has 336 valence electrons. The van der Waals surface area contributed by atoms with E-state index >= 15 is 0 Å². The van der Waals surface area contributed by atoms with Gasteiger partial charge in [-0.1, -0.05) is 166 Å². The summed E-state index contributed by atoms with van der Waals surface area (Å²) in [5.74, 6) is 0. The summed E-state index contributed by atoms with van der Waals surface area (Å²) in [7, 11) is 0. The van der Waals surface area contributed by atoms with E-state index in [1.165, 1.54) is 140 Å². The topological polar surface area (TPSA) is 11.4 Å². The zero-order valence-corrected chi connectivity index (χ0v) is 42.2. The Morgan fingerprint density at radius 3 is 2.10 bits per heavy atom. The van der Waals surface area contributed by atoms with Crippen LogP contribution in [-0.2, 0) is 21.7 Å². The Labute approximate surface area is 406 Å². The van der Waals surface area contributed by atoms with Gasteiger partial charge < -0.3 is 14.4 Å².